The summed E-state index contributed by atoms with van der Waals surface area (Å²) < 4.78 is 24.9. The van der Waals surface area contributed by atoms with Gasteiger partial charge in [-0.15, -0.1) is 0 Å². The molecule has 1 rings (SSSR count). The number of hydrogen-bond donors (Lipinski definition) is 2. The molecule has 0 aliphatic heterocycles. The molecule has 19 heavy (non-hydrogen) atoms. The summed E-state index contributed by atoms with van der Waals surface area (Å²) in [6.45, 7) is 1.96. The Morgan fingerprint density at radius 1 is 1.32 bits per heavy atom. The van der Waals surface area contributed by atoms with Gasteiger partial charge in [0, 0.05) is 6.42 Å². The predicted molar refractivity (Wildman–Crippen MR) is 71.5 cm³/mol. The van der Waals surface area contributed by atoms with Crippen molar-refractivity contribution >= 4 is 15.7 Å². The Kier molecular flexibility index (Phi) is 5.98. The summed E-state index contributed by atoms with van der Waals surface area (Å²) in [7, 11) is -3.55. The van der Waals surface area contributed by atoms with Crippen LogP contribution < -0.4 is 5.48 Å². The first-order valence-corrected chi connectivity index (χ1v) is 7.79. The third-order valence-electron chi connectivity index (χ3n) is 2.93. The molecule has 0 spiro atoms. The Bertz CT molecular complexity index is 499. The van der Waals surface area contributed by atoms with Gasteiger partial charge in [-0.05, 0) is 18.6 Å². The van der Waals surface area contributed by atoms with Gasteiger partial charge in [-0.1, -0.05) is 38.0 Å². The second-order valence-electron chi connectivity index (χ2n) is 4.36. The van der Waals surface area contributed by atoms with Crippen molar-refractivity contribution in [1.82, 2.24) is 5.48 Å². The molecule has 0 aliphatic carbocycles. The number of carbonyl (C=O) groups is 1. The number of hydroxylamine groups is 1. The maximum absolute atomic E-state index is 12.4. The van der Waals surface area contributed by atoms with E-state index in [1.165, 1.54) is 17.6 Å². The van der Waals surface area contributed by atoms with Crippen LogP contribution in [0, 0.1) is 0 Å². The predicted octanol–water partition coefficient (Wildman–Crippen LogP) is 1.91. The number of amides is 1. The molecule has 5 nitrogen and oxygen atoms in total. The molecule has 0 bridgehead atoms. The number of unbranched alkanes of at least 4 members (excludes halogenated alkanes) is 1. The molecule has 0 fully saturated rings. The molecule has 0 heterocycles. The Balaban J connectivity index is 2.98. The zero-order chi connectivity index (χ0) is 14.3. The molecular formula is C13H19NO4S. The highest BCUT2D eigenvalue weighted by Gasteiger charge is 2.28. The third-order valence-corrected chi connectivity index (χ3v) is 5.14. The first-order valence-electron chi connectivity index (χ1n) is 6.24. The summed E-state index contributed by atoms with van der Waals surface area (Å²) in [5.74, 6) is -0.680. The highest BCUT2D eigenvalue weighted by Crippen LogP contribution is 2.22. The summed E-state index contributed by atoms with van der Waals surface area (Å²) in [5, 5.41) is 7.75. The van der Waals surface area contributed by atoms with E-state index in [0.29, 0.717) is 6.42 Å². The molecule has 0 aromatic heterocycles. The van der Waals surface area contributed by atoms with E-state index in [2.05, 4.69) is 0 Å². The van der Waals surface area contributed by atoms with Gasteiger partial charge in [-0.3, -0.25) is 10.0 Å². The van der Waals surface area contributed by atoms with Crippen LogP contribution >= 0.6 is 0 Å². The van der Waals surface area contributed by atoms with Gasteiger partial charge in [-0.2, -0.15) is 0 Å². The largest absolute Gasteiger partial charge is 0.289 e. The molecule has 2 N–H and O–H groups in total. The Labute approximate surface area is 113 Å². The SMILES string of the molecule is CCCC[C@@H](CC(=O)NO)S(=O)(=O)c1ccccc1. The summed E-state index contributed by atoms with van der Waals surface area (Å²) in [4.78, 5) is 11.4. The fourth-order valence-corrected chi connectivity index (χ4v) is 3.62. The van der Waals surface area contributed by atoms with E-state index in [0.717, 1.165) is 12.8 Å². The van der Waals surface area contributed by atoms with Crippen molar-refractivity contribution in [3.8, 4) is 0 Å². The molecule has 0 saturated carbocycles. The molecular weight excluding hydrogens is 266 g/mol. The van der Waals surface area contributed by atoms with Gasteiger partial charge in [0.2, 0.25) is 5.91 Å². The van der Waals surface area contributed by atoms with Crippen LogP contribution in [0.4, 0.5) is 0 Å². The molecule has 0 radical (unpaired) electrons. The van der Waals surface area contributed by atoms with E-state index < -0.39 is 21.0 Å². The molecule has 1 aromatic rings. The normalized spacial score (nSPS) is 12.9. The van der Waals surface area contributed by atoms with Crippen molar-refractivity contribution in [2.45, 2.75) is 42.8 Å². The van der Waals surface area contributed by atoms with Crippen LogP contribution in [0.1, 0.15) is 32.6 Å². The number of sulfone groups is 1. The molecule has 1 aromatic carbocycles. The van der Waals surface area contributed by atoms with Gasteiger partial charge >= 0.3 is 0 Å². The lowest BCUT2D eigenvalue weighted by atomic mass is 10.1. The fourth-order valence-electron chi connectivity index (χ4n) is 1.85. The summed E-state index contributed by atoms with van der Waals surface area (Å²) in [6.07, 6.45) is 1.74. The number of benzene rings is 1. The molecule has 0 unspecified atom stereocenters. The minimum Gasteiger partial charge on any atom is -0.289 e. The van der Waals surface area contributed by atoms with Crippen LogP contribution in [0.25, 0.3) is 0 Å². The Morgan fingerprint density at radius 2 is 1.95 bits per heavy atom. The smallest absolute Gasteiger partial charge is 0.244 e. The van der Waals surface area contributed by atoms with Crippen molar-refractivity contribution in [3.05, 3.63) is 30.3 Å². The van der Waals surface area contributed by atoms with Crippen LogP contribution in [-0.4, -0.2) is 24.8 Å². The Morgan fingerprint density at radius 3 is 2.47 bits per heavy atom. The van der Waals surface area contributed by atoms with Crippen LogP contribution in [-0.2, 0) is 14.6 Å². The average Bonchev–Trinajstić information content (AvgIpc) is 2.43. The maximum atomic E-state index is 12.4. The summed E-state index contributed by atoms with van der Waals surface area (Å²) in [6, 6.07) is 8.07. The highest BCUT2D eigenvalue weighted by atomic mass is 32.2. The van der Waals surface area contributed by atoms with Crippen LogP contribution in [0.15, 0.2) is 35.2 Å². The zero-order valence-electron chi connectivity index (χ0n) is 10.9. The number of rotatable bonds is 7. The average molecular weight is 285 g/mol. The van der Waals surface area contributed by atoms with E-state index in [-0.39, 0.29) is 11.3 Å². The van der Waals surface area contributed by atoms with E-state index in [1.54, 1.807) is 18.2 Å². The van der Waals surface area contributed by atoms with Gasteiger partial charge in [-0.25, -0.2) is 13.9 Å². The third kappa shape index (κ3) is 4.33. The highest BCUT2D eigenvalue weighted by molar-refractivity contribution is 7.92. The first-order chi connectivity index (χ1) is 9.02. The van der Waals surface area contributed by atoms with Crippen LogP contribution in [0.2, 0.25) is 0 Å². The lowest BCUT2D eigenvalue weighted by molar-refractivity contribution is -0.129. The topological polar surface area (TPSA) is 83.5 Å². The molecule has 1 atom stereocenters. The standard InChI is InChI=1S/C13H19NO4S/c1-2-3-7-12(10-13(15)14-16)19(17,18)11-8-5-4-6-9-11/h4-6,8-9,12,16H,2-3,7,10H2,1H3,(H,14,15)/t12-/m0/s1. The lowest BCUT2D eigenvalue weighted by Gasteiger charge is -2.16. The second kappa shape index (κ2) is 7.25. The fraction of sp³-hybridized carbons (Fsp3) is 0.462. The number of carbonyl (C=O) groups excluding carboxylic acids is 1. The number of hydrogen-bond acceptors (Lipinski definition) is 4. The van der Waals surface area contributed by atoms with Crippen LogP contribution in [0.5, 0.6) is 0 Å². The first kappa shape index (κ1) is 15.7. The van der Waals surface area contributed by atoms with Crippen LogP contribution in [0.3, 0.4) is 0 Å². The second-order valence-corrected chi connectivity index (χ2v) is 6.59. The quantitative estimate of drug-likeness (QED) is 0.592. The molecule has 106 valence electrons. The number of nitrogens with one attached hydrogen (secondary N) is 1. The van der Waals surface area contributed by atoms with E-state index in [9.17, 15) is 13.2 Å². The van der Waals surface area contributed by atoms with Crippen molar-refractivity contribution in [3.63, 3.8) is 0 Å². The van der Waals surface area contributed by atoms with Gasteiger partial charge in [0.25, 0.3) is 0 Å². The molecule has 0 saturated heterocycles. The van der Waals surface area contributed by atoms with Gasteiger partial charge in [0.05, 0.1) is 10.1 Å². The minimum atomic E-state index is -3.55. The van der Waals surface area contributed by atoms with E-state index in [1.807, 2.05) is 6.92 Å². The van der Waals surface area contributed by atoms with Gasteiger partial charge in [0.1, 0.15) is 0 Å². The maximum Gasteiger partial charge on any atom is 0.244 e. The zero-order valence-corrected chi connectivity index (χ0v) is 11.7. The summed E-state index contributed by atoms with van der Waals surface area (Å²) in [5.41, 5.74) is 1.49. The summed E-state index contributed by atoms with van der Waals surface area (Å²) >= 11 is 0. The van der Waals surface area contributed by atoms with E-state index in [4.69, 9.17) is 5.21 Å². The molecule has 1 amide bonds. The van der Waals surface area contributed by atoms with Crippen molar-refractivity contribution in [1.29, 1.82) is 0 Å². The minimum absolute atomic E-state index is 0.210. The van der Waals surface area contributed by atoms with E-state index >= 15 is 0 Å². The molecule has 6 heteroatoms. The van der Waals surface area contributed by atoms with Gasteiger partial charge < -0.3 is 0 Å². The monoisotopic (exact) mass is 285 g/mol. The van der Waals surface area contributed by atoms with Crippen molar-refractivity contribution in [2.24, 2.45) is 0 Å². The van der Waals surface area contributed by atoms with Crippen molar-refractivity contribution in [2.75, 3.05) is 0 Å². The lowest BCUT2D eigenvalue weighted by Crippen LogP contribution is -2.30. The van der Waals surface area contributed by atoms with Gasteiger partial charge in [0.15, 0.2) is 9.84 Å². The Hall–Kier alpha value is -1.40. The van der Waals surface area contributed by atoms with Crippen molar-refractivity contribution < 1.29 is 18.4 Å². The molecule has 0 aliphatic rings.